The minimum atomic E-state index is -3.52. The molecule has 0 atom stereocenters. The summed E-state index contributed by atoms with van der Waals surface area (Å²) in [5.41, 5.74) is 2.80. The van der Waals surface area contributed by atoms with E-state index in [9.17, 15) is 8.42 Å². The van der Waals surface area contributed by atoms with Crippen LogP contribution in [0.2, 0.25) is 0 Å². The first-order valence-corrected chi connectivity index (χ1v) is 10.4. The highest BCUT2D eigenvalue weighted by Crippen LogP contribution is 2.25. The van der Waals surface area contributed by atoms with Crippen LogP contribution in [0.5, 0.6) is 0 Å². The van der Waals surface area contributed by atoms with Crippen LogP contribution >= 0.6 is 0 Å². The summed E-state index contributed by atoms with van der Waals surface area (Å²) in [6.45, 7) is 5.96. The van der Waals surface area contributed by atoms with Gasteiger partial charge >= 0.3 is 0 Å². The minimum Gasteiger partial charge on any atom is -0.354 e. The zero-order valence-electron chi connectivity index (χ0n) is 15.8. The molecular weight excluding hydrogens is 362 g/mol. The zero-order chi connectivity index (χ0) is 19.2. The Hall–Kier alpha value is -2.45. The summed E-state index contributed by atoms with van der Waals surface area (Å²) in [5.74, 6) is 0.904. The van der Waals surface area contributed by atoms with Gasteiger partial charge < -0.3 is 4.90 Å². The Morgan fingerprint density at radius 3 is 2.41 bits per heavy atom. The third-order valence-corrected chi connectivity index (χ3v) is 7.28. The highest BCUT2D eigenvalue weighted by molar-refractivity contribution is 7.89. The summed E-state index contributed by atoms with van der Waals surface area (Å²) >= 11 is 0. The fraction of sp³-hybridized carbons (Fsp3) is 0.368. The molecule has 7 nitrogen and oxygen atoms in total. The van der Waals surface area contributed by atoms with Gasteiger partial charge in [0, 0.05) is 38.6 Å². The summed E-state index contributed by atoms with van der Waals surface area (Å²) in [7, 11) is -1.77. The lowest BCUT2D eigenvalue weighted by molar-refractivity contribution is 0.383. The van der Waals surface area contributed by atoms with Gasteiger partial charge in [-0.05, 0) is 31.5 Å². The molecular formula is C19H23N5O2S. The van der Waals surface area contributed by atoms with Crippen LogP contribution in [0.1, 0.15) is 11.3 Å². The molecule has 1 aromatic carbocycles. The maximum atomic E-state index is 12.9. The largest absolute Gasteiger partial charge is 0.354 e. The Labute approximate surface area is 159 Å². The minimum absolute atomic E-state index is 0.290. The maximum absolute atomic E-state index is 12.9. The number of sulfonamides is 1. The maximum Gasteiger partial charge on any atom is 0.246 e. The summed E-state index contributed by atoms with van der Waals surface area (Å²) in [5, 5.41) is 5.22. The van der Waals surface area contributed by atoms with Gasteiger partial charge in [0.25, 0.3) is 0 Å². The molecule has 142 valence electrons. The Bertz CT molecular complexity index is 1100. The van der Waals surface area contributed by atoms with Gasteiger partial charge in [-0.3, -0.25) is 4.68 Å². The predicted octanol–water partition coefficient (Wildman–Crippen LogP) is 2.10. The Balaban J connectivity index is 1.55. The number of aryl methyl sites for hydroxylation is 2. The number of rotatable bonds is 3. The van der Waals surface area contributed by atoms with Crippen molar-refractivity contribution in [1.82, 2.24) is 19.1 Å². The smallest absolute Gasteiger partial charge is 0.246 e. The SMILES string of the molecule is Cc1cc(N2CCN(S(=O)(=O)c3cnn(C)c3C)CC2)nc2ccccc12. The van der Waals surface area contributed by atoms with Crippen LogP contribution in [-0.4, -0.2) is 53.7 Å². The van der Waals surface area contributed by atoms with E-state index in [0.717, 1.165) is 16.7 Å². The molecule has 0 unspecified atom stereocenters. The lowest BCUT2D eigenvalue weighted by Gasteiger charge is -2.34. The average Bonchev–Trinajstić information content (AvgIpc) is 3.01. The number of aromatic nitrogens is 3. The molecule has 1 aliphatic heterocycles. The number of pyridine rings is 1. The standard InChI is InChI=1S/C19H23N5O2S/c1-14-12-19(21-17-7-5-4-6-16(14)17)23-8-10-24(11-9-23)27(25,26)18-13-20-22(3)15(18)2/h4-7,12-13H,8-11H2,1-3H3. The van der Waals surface area contributed by atoms with E-state index in [4.69, 9.17) is 4.98 Å². The molecule has 0 amide bonds. The molecule has 1 aliphatic rings. The van der Waals surface area contributed by atoms with Gasteiger partial charge in [-0.2, -0.15) is 9.40 Å². The first-order valence-electron chi connectivity index (χ1n) is 8.98. The molecule has 0 spiro atoms. The van der Waals surface area contributed by atoms with Gasteiger partial charge in [-0.15, -0.1) is 0 Å². The second-order valence-electron chi connectivity index (χ2n) is 6.92. The average molecular weight is 385 g/mol. The molecule has 2 aromatic heterocycles. The van der Waals surface area contributed by atoms with Crippen molar-refractivity contribution >= 4 is 26.7 Å². The molecule has 27 heavy (non-hydrogen) atoms. The van der Waals surface area contributed by atoms with E-state index < -0.39 is 10.0 Å². The van der Waals surface area contributed by atoms with Gasteiger partial charge in [-0.1, -0.05) is 18.2 Å². The van der Waals surface area contributed by atoms with Crippen LogP contribution in [0.4, 0.5) is 5.82 Å². The second-order valence-corrected chi connectivity index (χ2v) is 8.83. The van der Waals surface area contributed by atoms with E-state index in [1.807, 2.05) is 18.2 Å². The molecule has 0 bridgehead atoms. The summed E-state index contributed by atoms with van der Waals surface area (Å²) in [6.07, 6.45) is 1.44. The molecule has 3 heterocycles. The summed E-state index contributed by atoms with van der Waals surface area (Å²) in [6, 6.07) is 10.2. The van der Waals surface area contributed by atoms with Crippen LogP contribution in [0.25, 0.3) is 10.9 Å². The molecule has 0 N–H and O–H groups in total. The molecule has 0 aliphatic carbocycles. The molecule has 8 heteroatoms. The number of hydrogen-bond donors (Lipinski definition) is 0. The van der Waals surface area contributed by atoms with Crippen molar-refractivity contribution < 1.29 is 8.42 Å². The number of piperazine rings is 1. The van der Waals surface area contributed by atoms with E-state index in [2.05, 4.69) is 29.1 Å². The van der Waals surface area contributed by atoms with Crippen molar-refractivity contribution in [3.63, 3.8) is 0 Å². The number of para-hydroxylation sites is 1. The number of benzene rings is 1. The van der Waals surface area contributed by atoms with Crippen molar-refractivity contribution in [3.05, 3.63) is 47.8 Å². The predicted molar refractivity (Wildman–Crippen MR) is 105 cm³/mol. The number of hydrogen-bond acceptors (Lipinski definition) is 5. The number of anilines is 1. The van der Waals surface area contributed by atoms with Crippen LogP contribution < -0.4 is 4.90 Å². The van der Waals surface area contributed by atoms with Crippen molar-refractivity contribution in [3.8, 4) is 0 Å². The van der Waals surface area contributed by atoms with E-state index in [0.29, 0.717) is 31.9 Å². The number of nitrogens with zero attached hydrogens (tertiary/aromatic N) is 5. The lowest BCUT2D eigenvalue weighted by atomic mass is 10.1. The highest BCUT2D eigenvalue weighted by atomic mass is 32.2. The van der Waals surface area contributed by atoms with Crippen LogP contribution in [0.15, 0.2) is 41.4 Å². The van der Waals surface area contributed by atoms with E-state index >= 15 is 0 Å². The third kappa shape index (κ3) is 3.08. The van der Waals surface area contributed by atoms with Gasteiger partial charge in [0.2, 0.25) is 10.0 Å². The van der Waals surface area contributed by atoms with Crippen molar-refractivity contribution in [2.75, 3.05) is 31.1 Å². The molecule has 0 radical (unpaired) electrons. The molecule has 1 saturated heterocycles. The first kappa shape index (κ1) is 17.9. The molecule has 1 fully saturated rings. The number of fused-ring (bicyclic) bond motifs is 1. The monoisotopic (exact) mass is 385 g/mol. The van der Waals surface area contributed by atoms with E-state index in [1.54, 1.807) is 23.0 Å². The zero-order valence-corrected chi connectivity index (χ0v) is 16.6. The second kappa shape index (κ2) is 6.61. The van der Waals surface area contributed by atoms with Gasteiger partial charge in [0.15, 0.2) is 0 Å². The third-order valence-electron chi connectivity index (χ3n) is 5.28. The summed E-state index contributed by atoms with van der Waals surface area (Å²) in [4.78, 5) is 7.21. The Morgan fingerprint density at radius 2 is 1.74 bits per heavy atom. The molecule has 4 rings (SSSR count). The van der Waals surface area contributed by atoms with E-state index in [1.165, 1.54) is 11.8 Å². The first-order chi connectivity index (χ1) is 12.9. The molecule has 3 aromatic rings. The highest BCUT2D eigenvalue weighted by Gasteiger charge is 2.31. The lowest BCUT2D eigenvalue weighted by Crippen LogP contribution is -2.49. The van der Waals surface area contributed by atoms with Gasteiger partial charge in [-0.25, -0.2) is 13.4 Å². The Kier molecular flexibility index (Phi) is 4.39. The van der Waals surface area contributed by atoms with Gasteiger partial charge in [0.1, 0.15) is 10.7 Å². The summed E-state index contributed by atoms with van der Waals surface area (Å²) < 4.78 is 29.0. The fourth-order valence-electron chi connectivity index (χ4n) is 3.52. The van der Waals surface area contributed by atoms with Crippen molar-refractivity contribution in [2.45, 2.75) is 18.7 Å². The van der Waals surface area contributed by atoms with Crippen LogP contribution in [0, 0.1) is 13.8 Å². The van der Waals surface area contributed by atoms with Gasteiger partial charge in [0.05, 0.1) is 17.4 Å². The topological polar surface area (TPSA) is 71.3 Å². The quantitative estimate of drug-likeness (QED) is 0.690. The molecule has 0 saturated carbocycles. The van der Waals surface area contributed by atoms with E-state index in [-0.39, 0.29) is 4.90 Å². The normalized spacial score (nSPS) is 16.2. The van der Waals surface area contributed by atoms with Crippen LogP contribution in [-0.2, 0) is 17.1 Å². The van der Waals surface area contributed by atoms with Crippen molar-refractivity contribution in [2.24, 2.45) is 7.05 Å². The fourth-order valence-corrected chi connectivity index (χ4v) is 5.13. The van der Waals surface area contributed by atoms with Crippen molar-refractivity contribution in [1.29, 1.82) is 0 Å². The Morgan fingerprint density at radius 1 is 1.04 bits per heavy atom. The van der Waals surface area contributed by atoms with Crippen LogP contribution in [0.3, 0.4) is 0 Å².